The zero-order valence-electron chi connectivity index (χ0n) is 10.9. The van der Waals surface area contributed by atoms with Crippen molar-refractivity contribution in [2.24, 2.45) is 0 Å². The van der Waals surface area contributed by atoms with Crippen molar-refractivity contribution in [3.63, 3.8) is 0 Å². The molecule has 0 saturated heterocycles. The van der Waals surface area contributed by atoms with E-state index in [2.05, 4.69) is 20.3 Å². The van der Waals surface area contributed by atoms with Gasteiger partial charge in [0.15, 0.2) is 5.82 Å². The van der Waals surface area contributed by atoms with Gasteiger partial charge in [0, 0.05) is 11.5 Å². The van der Waals surface area contributed by atoms with Crippen molar-refractivity contribution >= 4 is 22.6 Å². The molecule has 6 heteroatoms. The smallest absolute Gasteiger partial charge is 0.163 e. The number of benzene rings is 1. The summed E-state index contributed by atoms with van der Waals surface area (Å²) in [7, 11) is 0. The summed E-state index contributed by atoms with van der Waals surface area (Å²) in [5.74, 6) is 1.98. The Morgan fingerprint density at radius 1 is 1.20 bits per heavy atom. The molecule has 4 rings (SSSR count). The maximum absolute atomic E-state index is 6.25. The molecule has 1 aromatic carbocycles. The third-order valence-corrected chi connectivity index (χ3v) is 3.94. The SMILES string of the molecule is Cc1c(Cl)nc(C2CC2)nc1-n1nnc2ccccc21. The Hall–Kier alpha value is -2.01. The van der Waals surface area contributed by atoms with E-state index in [-0.39, 0.29) is 0 Å². The van der Waals surface area contributed by atoms with Crippen LogP contribution in [0.3, 0.4) is 0 Å². The van der Waals surface area contributed by atoms with Gasteiger partial charge in [0.25, 0.3) is 0 Å². The molecule has 0 radical (unpaired) electrons. The number of hydrogen-bond acceptors (Lipinski definition) is 4. The Labute approximate surface area is 120 Å². The molecular weight excluding hydrogens is 274 g/mol. The van der Waals surface area contributed by atoms with Gasteiger partial charge in [-0.05, 0) is 31.9 Å². The van der Waals surface area contributed by atoms with Crippen molar-refractivity contribution in [3.8, 4) is 5.82 Å². The third-order valence-electron chi connectivity index (χ3n) is 3.57. The van der Waals surface area contributed by atoms with Crippen molar-refractivity contribution in [1.82, 2.24) is 25.0 Å². The predicted molar refractivity (Wildman–Crippen MR) is 76.2 cm³/mol. The Morgan fingerprint density at radius 3 is 2.80 bits per heavy atom. The highest BCUT2D eigenvalue weighted by Crippen LogP contribution is 2.39. The molecule has 0 N–H and O–H groups in total. The fourth-order valence-corrected chi connectivity index (χ4v) is 2.42. The molecule has 1 aliphatic rings. The summed E-state index contributed by atoms with van der Waals surface area (Å²) < 4.78 is 1.74. The first-order valence-corrected chi connectivity index (χ1v) is 6.96. The predicted octanol–water partition coefficient (Wildman–Crippen LogP) is 3.05. The molecule has 5 nitrogen and oxygen atoms in total. The summed E-state index contributed by atoms with van der Waals surface area (Å²) in [5, 5.41) is 8.87. The first kappa shape index (κ1) is 11.8. The second-order valence-electron chi connectivity index (χ2n) is 5.09. The number of rotatable bonds is 2. The third kappa shape index (κ3) is 1.78. The van der Waals surface area contributed by atoms with Gasteiger partial charge in [-0.25, -0.2) is 9.97 Å². The number of halogens is 1. The standard InChI is InChI=1S/C14H12ClN5/c1-8-12(15)16-13(9-6-7-9)17-14(8)20-11-5-3-2-4-10(11)18-19-20/h2-5,9H,6-7H2,1H3. The van der Waals surface area contributed by atoms with Crippen LogP contribution in [0.15, 0.2) is 24.3 Å². The van der Waals surface area contributed by atoms with E-state index in [0.717, 1.165) is 41.1 Å². The highest BCUT2D eigenvalue weighted by Gasteiger charge is 2.28. The molecule has 20 heavy (non-hydrogen) atoms. The Balaban J connectivity index is 1.97. The maximum atomic E-state index is 6.25. The molecular formula is C14H12ClN5. The fraction of sp³-hybridized carbons (Fsp3) is 0.286. The molecule has 0 atom stereocenters. The van der Waals surface area contributed by atoms with E-state index in [4.69, 9.17) is 11.6 Å². The van der Waals surface area contributed by atoms with Crippen LogP contribution in [0.25, 0.3) is 16.9 Å². The van der Waals surface area contributed by atoms with Crippen LogP contribution in [0.1, 0.15) is 30.1 Å². The Bertz CT molecular complexity index is 806. The molecule has 3 aromatic rings. The average Bonchev–Trinajstić information content (AvgIpc) is 3.22. The Morgan fingerprint density at radius 2 is 2.00 bits per heavy atom. The molecule has 1 fully saturated rings. The van der Waals surface area contributed by atoms with Gasteiger partial charge in [0.2, 0.25) is 0 Å². The topological polar surface area (TPSA) is 56.5 Å². The van der Waals surface area contributed by atoms with Gasteiger partial charge in [0.1, 0.15) is 16.5 Å². The Kier molecular flexibility index (Phi) is 2.50. The van der Waals surface area contributed by atoms with Crippen molar-refractivity contribution in [2.75, 3.05) is 0 Å². The minimum atomic E-state index is 0.446. The lowest BCUT2D eigenvalue weighted by Gasteiger charge is -2.08. The van der Waals surface area contributed by atoms with Crippen LogP contribution >= 0.6 is 11.6 Å². The van der Waals surface area contributed by atoms with Gasteiger partial charge in [-0.1, -0.05) is 28.9 Å². The second kappa shape index (κ2) is 4.24. The van der Waals surface area contributed by atoms with Crippen LogP contribution in [0, 0.1) is 6.92 Å². The first-order valence-electron chi connectivity index (χ1n) is 6.59. The second-order valence-corrected chi connectivity index (χ2v) is 5.44. The average molecular weight is 286 g/mol. The number of aromatic nitrogens is 5. The van der Waals surface area contributed by atoms with Crippen molar-refractivity contribution < 1.29 is 0 Å². The van der Waals surface area contributed by atoms with Crippen molar-refractivity contribution in [2.45, 2.75) is 25.7 Å². The lowest BCUT2D eigenvalue weighted by molar-refractivity contribution is 0.772. The minimum absolute atomic E-state index is 0.446. The zero-order valence-corrected chi connectivity index (χ0v) is 11.7. The van der Waals surface area contributed by atoms with Crippen LogP contribution < -0.4 is 0 Å². The fourth-order valence-electron chi connectivity index (χ4n) is 2.25. The summed E-state index contributed by atoms with van der Waals surface area (Å²) in [4.78, 5) is 9.03. The molecule has 1 aliphatic carbocycles. The number of para-hydroxylation sites is 1. The molecule has 0 spiro atoms. The van der Waals surface area contributed by atoms with Gasteiger partial charge in [0.05, 0.1) is 5.52 Å². The first-order chi connectivity index (χ1) is 9.74. The van der Waals surface area contributed by atoms with E-state index in [1.165, 1.54) is 0 Å². The van der Waals surface area contributed by atoms with E-state index in [0.29, 0.717) is 11.1 Å². The van der Waals surface area contributed by atoms with Crippen molar-refractivity contribution in [1.29, 1.82) is 0 Å². The molecule has 1 saturated carbocycles. The summed E-state index contributed by atoms with van der Waals surface area (Å²) in [5.41, 5.74) is 2.59. The quantitative estimate of drug-likeness (QED) is 0.679. The number of fused-ring (bicyclic) bond motifs is 1. The van der Waals surface area contributed by atoms with Crippen LogP contribution in [0.5, 0.6) is 0 Å². The van der Waals surface area contributed by atoms with E-state index >= 15 is 0 Å². The van der Waals surface area contributed by atoms with Gasteiger partial charge >= 0.3 is 0 Å². The van der Waals surface area contributed by atoms with E-state index in [9.17, 15) is 0 Å². The lowest BCUT2D eigenvalue weighted by atomic mass is 10.3. The monoisotopic (exact) mass is 285 g/mol. The normalized spacial score (nSPS) is 14.9. The van der Waals surface area contributed by atoms with Gasteiger partial charge in [-0.2, -0.15) is 4.68 Å². The lowest BCUT2D eigenvalue weighted by Crippen LogP contribution is -2.07. The summed E-state index contributed by atoms with van der Waals surface area (Å²) >= 11 is 6.25. The van der Waals surface area contributed by atoms with E-state index in [1.54, 1.807) is 4.68 Å². The molecule has 2 heterocycles. The zero-order chi connectivity index (χ0) is 13.7. The molecule has 0 aliphatic heterocycles. The molecule has 0 unspecified atom stereocenters. The summed E-state index contributed by atoms with van der Waals surface area (Å²) in [6.45, 7) is 1.91. The van der Waals surface area contributed by atoms with Crippen LogP contribution in [-0.2, 0) is 0 Å². The molecule has 100 valence electrons. The largest absolute Gasteiger partial charge is 0.220 e. The van der Waals surface area contributed by atoms with Gasteiger partial charge in [-0.15, -0.1) is 5.10 Å². The summed E-state index contributed by atoms with van der Waals surface area (Å²) in [6, 6.07) is 7.80. The van der Waals surface area contributed by atoms with Crippen LogP contribution in [0.2, 0.25) is 5.15 Å². The van der Waals surface area contributed by atoms with E-state index < -0.39 is 0 Å². The highest BCUT2D eigenvalue weighted by molar-refractivity contribution is 6.30. The minimum Gasteiger partial charge on any atom is -0.220 e. The molecule has 0 bridgehead atoms. The molecule has 0 amide bonds. The number of hydrogen-bond donors (Lipinski definition) is 0. The van der Waals surface area contributed by atoms with Gasteiger partial charge in [-0.3, -0.25) is 0 Å². The highest BCUT2D eigenvalue weighted by atomic mass is 35.5. The summed E-state index contributed by atoms with van der Waals surface area (Å²) in [6.07, 6.45) is 2.27. The van der Waals surface area contributed by atoms with Gasteiger partial charge < -0.3 is 0 Å². The van der Waals surface area contributed by atoms with E-state index in [1.807, 2.05) is 31.2 Å². The molecule has 2 aromatic heterocycles. The maximum Gasteiger partial charge on any atom is 0.163 e. The van der Waals surface area contributed by atoms with Crippen LogP contribution in [0.4, 0.5) is 0 Å². The van der Waals surface area contributed by atoms with Crippen molar-refractivity contribution in [3.05, 3.63) is 40.8 Å². The van der Waals surface area contributed by atoms with Crippen LogP contribution in [-0.4, -0.2) is 25.0 Å². The number of nitrogens with zero attached hydrogens (tertiary/aromatic N) is 5.